The number of carbonyl (C=O) groups excluding carboxylic acids is 1. The molecule has 118 valence electrons. The largest absolute Gasteiger partial charge is 0.373 e. The van der Waals surface area contributed by atoms with Gasteiger partial charge in [0.1, 0.15) is 0 Å². The molecule has 1 aliphatic rings. The lowest BCUT2D eigenvalue weighted by Crippen LogP contribution is -2.47. The van der Waals surface area contributed by atoms with Gasteiger partial charge in [0.05, 0.1) is 29.6 Å². The summed E-state index contributed by atoms with van der Waals surface area (Å²) in [5.74, 6) is -0.0501. The first-order valence-electron chi connectivity index (χ1n) is 7.71. The van der Waals surface area contributed by atoms with Gasteiger partial charge in [0, 0.05) is 31.7 Å². The molecule has 2 N–H and O–H groups in total. The van der Waals surface area contributed by atoms with Gasteiger partial charge < -0.3 is 15.0 Å². The molecule has 1 amide bonds. The van der Waals surface area contributed by atoms with Crippen molar-refractivity contribution in [2.24, 2.45) is 0 Å². The van der Waals surface area contributed by atoms with Gasteiger partial charge >= 0.3 is 0 Å². The Balaban J connectivity index is 1.51. The predicted octanol–water partition coefficient (Wildman–Crippen LogP) is 1.40. The van der Waals surface area contributed by atoms with Gasteiger partial charge in [-0.25, -0.2) is 4.98 Å². The monoisotopic (exact) mass is 302 g/mol. The first kappa shape index (κ1) is 15.0. The van der Waals surface area contributed by atoms with Crippen LogP contribution in [-0.2, 0) is 4.74 Å². The number of H-pyrrole nitrogens is 1. The molecule has 2 aromatic rings. The van der Waals surface area contributed by atoms with Crippen LogP contribution < -0.4 is 5.32 Å². The van der Waals surface area contributed by atoms with E-state index >= 15 is 0 Å². The van der Waals surface area contributed by atoms with Gasteiger partial charge in [-0.2, -0.15) is 0 Å². The molecule has 22 heavy (non-hydrogen) atoms. The van der Waals surface area contributed by atoms with Crippen LogP contribution in [0, 0.1) is 0 Å². The zero-order chi connectivity index (χ0) is 15.5. The van der Waals surface area contributed by atoms with E-state index in [9.17, 15) is 4.79 Å². The maximum Gasteiger partial charge on any atom is 0.251 e. The summed E-state index contributed by atoms with van der Waals surface area (Å²) in [6.45, 7) is 7.48. The Labute approximate surface area is 129 Å². The van der Waals surface area contributed by atoms with Crippen LogP contribution in [0.4, 0.5) is 0 Å². The second kappa shape index (κ2) is 6.46. The number of hydrogen-bond donors (Lipinski definition) is 2. The molecule has 0 bridgehead atoms. The number of aromatic amines is 1. The maximum atomic E-state index is 12.2. The minimum atomic E-state index is -0.0501. The molecular weight excluding hydrogens is 280 g/mol. The molecule has 0 spiro atoms. The summed E-state index contributed by atoms with van der Waals surface area (Å²) in [6, 6.07) is 5.49. The minimum absolute atomic E-state index is 0.0501. The number of carbonyl (C=O) groups is 1. The minimum Gasteiger partial charge on any atom is -0.373 e. The fourth-order valence-electron chi connectivity index (χ4n) is 2.97. The summed E-state index contributed by atoms with van der Waals surface area (Å²) < 4.78 is 5.71. The zero-order valence-electron chi connectivity index (χ0n) is 13.0. The van der Waals surface area contributed by atoms with Crippen molar-refractivity contribution >= 4 is 16.9 Å². The SMILES string of the molecule is C[C@@H]1CN(CCNC(=O)c2ccc3nc[nH]c3c2)C[C@H](C)O1. The number of fused-ring (bicyclic) bond motifs is 1. The number of amides is 1. The molecule has 1 saturated heterocycles. The quantitative estimate of drug-likeness (QED) is 0.896. The summed E-state index contributed by atoms with van der Waals surface area (Å²) >= 11 is 0. The molecule has 3 rings (SSSR count). The molecule has 1 aromatic carbocycles. The number of rotatable bonds is 4. The lowest BCUT2D eigenvalue weighted by atomic mass is 10.2. The molecule has 1 fully saturated rings. The Hall–Kier alpha value is -1.92. The lowest BCUT2D eigenvalue weighted by molar-refractivity contribution is -0.0672. The Morgan fingerprint density at radius 1 is 1.41 bits per heavy atom. The summed E-state index contributed by atoms with van der Waals surface area (Å²) in [6.07, 6.45) is 2.14. The van der Waals surface area contributed by atoms with Gasteiger partial charge in [-0.1, -0.05) is 0 Å². The van der Waals surface area contributed by atoms with Crippen molar-refractivity contribution in [2.45, 2.75) is 26.1 Å². The molecule has 1 aliphatic heterocycles. The van der Waals surface area contributed by atoms with E-state index in [2.05, 4.69) is 34.0 Å². The first-order chi connectivity index (χ1) is 10.6. The van der Waals surface area contributed by atoms with Gasteiger partial charge in [0.25, 0.3) is 5.91 Å². The zero-order valence-corrected chi connectivity index (χ0v) is 13.0. The average Bonchev–Trinajstić information content (AvgIpc) is 2.93. The summed E-state index contributed by atoms with van der Waals surface area (Å²) in [4.78, 5) is 21.7. The van der Waals surface area contributed by atoms with Crippen LogP contribution in [0.25, 0.3) is 11.0 Å². The van der Waals surface area contributed by atoms with E-state index in [1.807, 2.05) is 12.1 Å². The Morgan fingerprint density at radius 2 is 2.18 bits per heavy atom. The number of ether oxygens (including phenoxy) is 1. The van der Waals surface area contributed by atoms with Crippen LogP contribution in [-0.4, -0.2) is 59.2 Å². The highest BCUT2D eigenvalue weighted by Gasteiger charge is 2.21. The number of hydrogen-bond acceptors (Lipinski definition) is 4. The van der Waals surface area contributed by atoms with Crippen LogP contribution in [0.2, 0.25) is 0 Å². The van der Waals surface area contributed by atoms with Gasteiger partial charge in [-0.15, -0.1) is 0 Å². The van der Waals surface area contributed by atoms with Crippen molar-refractivity contribution in [3.63, 3.8) is 0 Å². The van der Waals surface area contributed by atoms with E-state index < -0.39 is 0 Å². The number of benzene rings is 1. The maximum absolute atomic E-state index is 12.2. The fraction of sp³-hybridized carbons (Fsp3) is 0.500. The molecule has 0 unspecified atom stereocenters. The van der Waals surface area contributed by atoms with Gasteiger partial charge in [0.2, 0.25) is 0 Å². The van der Waals surface area contributed by atoms with Gasteiger partial charge in [-0.05, 0) is 32.0 Å². The summed E-state index contributed by atoms with van der Waals surface area (Å²) in [7, 11) is 0. The highest BCUT2D eigenvalue weighted by atomic mass is 16.5. The Kier molecular flexibility index (Phi) is 4.40. The molecule has 2 heterocycles. The highest BCUT2D eigenvalue weighted by molar-refractivity contribution is 5.97. The molecule has 0 aliphatic carbocycles. The van der Waals surface area contributed by atoms with Crippen LogP contribution in [0.15, 0.2) is 24.5 Å². The van der Waals surface area contributed by atoms with E-state index in [0.717, 1.165) is 30.7 Å². The van der Waals surface area contributed by atoms with E-state index in [1.165, 1.54) is 0 Å². The summed E-state index contributed by atoms with van der Waals surface area (Å²) in [5.41, 5.74) is 2.40. The predicted molar refractivity (Wildman–Crippen MR) is 84.9 cm³/mol. The molecular formula is C16H22N4O2. The van der Waals surface area contributed by atoms with Gasteiger partial charge in [-0.3, -0.25) is 9.69 Å². The first-order valence-corrected chi connectivity index (χ1v) is 7.71. The third-order valence-corrected chi connectivity index (χ3v) is 3.89. The van der Waals surface area contributed by atoms with Crippen molar-refractivity contribution in [2.75, 3.05) is 26.2 Å². The summed E-state index contributed by atoms with van der Waals surface area (Å²) in [5, 5.41) is 2.98. The Morgan fingerprint density at radius 3 is 2.95 bits per heavy atom. The van der Waals surface area contributed by atoms with E-state index in [-0.39, 0.29) is 18.1 Å². The molecule has 6 nitrogen and oxygen atoms in total. The topological polar surface area (TPSA) is 70.2 Å². The standard InChI is InChI=1S/C16H22N4O2/c1-11-8-20(9-12(2)22-11)6-5-17-16(21)13-3-4-14-15(7-13)19-10-18-14/h3-4,7,10-12H,5-6,8-9H2,1-2H3,(H,17,21)(H,18,19)/t11-,12+. The second-order valence-electron chi connectivity index (χ2n) is 5.91. The van der Waals surface area contributed by atoms with Crippen molar-refractivity contribution in [1.82, 2.24) is 20.2 Å². The van der Waals surface area contributed by atoms with Crippen LogP contribution in [0.1, 0.15) is 24.2 Å². The number of imidazole rings is 1. The van der Waals surface area contributed by atoms with Crippen molar-refractivity contribution in [1.29, 1.82) is 0 Å². The van der Waals surface area contributed by atoms with E-state index in [1.54, 1.807) is 12.4 Å². The fourth-order valence-corrected chi connectivity index (χ4v) is 2.97. The van der Waals surface area contributed by atoms with Crippen molar-refractivity contribution < 1.29 is 9.53 Å². The van der Waals surface area contributed by atoms with Crippen molar-refractivity contribution in [3.8, 4) is 0 Å². The number of nitrogens with zero attached hydrogens (tertiary/aromatic N) is 2. The normalized spacial score (nSPS) is 22.8. The molecule has 1 aromatic heterocycles. The third kappa shape index (κ3) is 3.45. The van der Waals surface area contributed by atoms with E-state index in [0.29, 0.717) is 12.1 Å². The molecule has 0 radical (unpaired) electrons. The third-order valence-electron chi connectivity index (χ3n) is 3.89. The van der Waals surface area contributed by atoms with Crippen LogP contribution in [0.5, 0.6) is 0 Å². The van der Waals surface area contributed by atoms with Crippen LogP contribution >= 0.6 is 0 Å². The van der Waals surface area contributed by atoms with Gasteiger partial charge in [0.15, 0.2) is 0 Å². The lowest BCUT2D eigenvalue weighted by Gasteiger charge is -2.35. The highest BCUT2D eigenvalue weighted by Crippen LogP contribution is 2.12. The number of aromatic nitrogens is 2. The van der Waals surface area contributed by atoms with E-state index in [4.69, 9.17) is 4.74 Å². The molecule has 2 atom stereocenters. The number of nitrogens with one attached hydrogen (secondary N) is 2. The average molecular weight is 302 g/mol. The van der Waals surface area contributed by atoms with Crippen molar-refractivity contribution in [3.05, 3.63) is 30.1 Å². The molecule has 0 saturated carbocycles. The second-order valence-corrected chi connectivity index (χ2v) is 5.91. The number of morpholine rings is 1. The van der Waals surface area contributed by atoms with Crippen LogP contribution in [0.3, 0.4) is 0 Å². The molecule has 6 heteroatoms. The Bertz CT molecular complexity index is 644. The smallest absolute Gasteiger partial charge is 0.251 e.